The average Bonchev–Trinajstić information content (AvgIpc) is 2.92. The minimum absolute atomic E-state index is 0.0782. The van der Waals surface area contributed by atoms with E-state index in [1.807, 2.05) is 26.0 Å². The summed E-state index contributed by atoms with van der Waals surface area (Å²) >= 11 is 0. The summed E-state index contributed by atoms with van der Waals surface area (Å²) in [5, 5.41) is 3.32. The lowest BCUT2D eigenvalue weighted by atomic mass is 10.1. The fourth-order valence-electron chi connectivity index (χ4n) is 2.93. The van der Waals surface area contributed by atoms with Crippen molar-refractivity contribution in [3.8, 4) is 0 Å². The Kier molecular flexibility index (Phi) is 4.77. The van der Waals surface area contributed by atoms with Crippen molar-refractivity contribution in [2.75, 3.05) is 5.32 Å². The predicted molar refractivity (Wildman–Crippen MR) is 98.0 cm³/mol. The van der Waals surface area contributed by atoms with Gasteiger partial charge in [0.25, 0.3) is 5.91 Å². The van der Waals surface area contributed by atoms with Gasteiger partial charge in [-0.25, -0.2) is 8.42 Å². The molecule has 0 spiro atoms. The number of alkyl halides is 2. The van der Waals surface area contributed by atoms with Crippen molar-refractivity contribution in [3.05, 3.63) is 58.8 Å². The van der Waals surface area contributed by atoms with E-state index in [1.165, 1.54) is 12.1 Å². The molecule has 0 saturated carbocycles. The molecule has 8 heteroatoms. The van der Waals surface area contributed by atoms with Crippen molar-refractivity contribution >= 4 is 32.4 Å². The van der Waals surface area contributed by atoms with Gasteiger partial charge in [0.1, 0.15) is 5.58 Å². The fraction of sp³-hybridized carbons (Fsp3) is 0.211. The van der Waals surface area contributed by atoms with E-state index in [9.17, 15) is 22.0 Å². The first kappa shape index (κ1) is 19.0. The molecular formula is C19H17F2NO4S. The third-order valence-electron chi connectivity index (χ3n) is 4.23. The van der Waals surface area contributed by atoms with Gasteiger partial charge < -0.3 is 9.73 Å². The Morgan fingerprint density at radius 2 is 1.81 bits per heavy atom. The molecule has 1 aromatic heterocycles. The Bertz CT molecular complexity index is 1150. The molecule has 0 saturated heterocycles. The van der Waals surface area contributed by atoms with Crippen molar-refractivity contribution in [2.24, 2.45) is 0 Å². The number of furan rings is 1. The molecule has 0 bridgehead atoms. The Labute approximate surface area is 154 Å². The van der Waals surface area contributed by atoms with Crippen LogP contribution in [0.4, 0.5) is 14.5 Å². The molecule has 27 heavy (non-hydrogen) atoms. The summed E-state index contributed by atoms with van der Waals surface area (Å²) in [6.07, 6.45) is 0. The molecule has 0 aliphatic rings. The number of benzene rings is 2. The maximum Gasteiger partial charge on any atom is 0.341 e. The number of hydrogen-bond donors (Lipinski definition) is 1. The Balaban J connectivity index is 1.96. The average molecular weight is 393 g/mol. The SMILES string of the molecule is Cc1cc(C)c2oc(C(=O)Nc3cccc(S(=O)(=O)C(F)F)c3)c(C)c2c1. The van der Waals surface area contributed by atoms with Crippen LogP contribution in [0.5, 0.6) is 0 Å². The first-order chi connectivity index (χ1) is 12.6. The molecule has 2 aromatic carbocycles. The zero-order valence-corrected chi connectivity index (χ0v) is 15.7. The van der Waals surface area contributed by atoms with E-state index in [2.05, 4.69) is 5.32 Å². The smallest absolute Gasteiger partial charge is 0.341 e. The van der Waals surface area contributed by atoms with E-state index in [0.717, 1.165) is 28.6 Å². The van der Waals surface area contributed by atoms with Crippen LogP contribution in [-0.4, -0.2) is 20.1 Å². The van der Waals surface area contributed by atoms with Gasteiger partial charge in [-0.2, -0.15) is 8.78 Å². The number of fused-ring (bicyclic) bond motifs is 1. The maximum absolute atomic E-state index is 12.7. The second kappa shape index (κ2) is 6.77. The molecule has 1 N–H and O–H groups in total. The van der Waals surface area contributed by atoms with Gasteiger partial charge in [-0.15, -0.1) is 0 Å². The van der Waals surface area contributed by atoms with Gasteiger partial charge in [0, 0.05) is 16.6 Å². The second-order valence-electron chi connectivity index (χ2n) is 6.30. The molecule has 0 fully saturated rings. The van der Waals surface area contributed by atoms with Gasteiger partial charge in [0.2, 0.25) is 9.84 Å². The van der Waals surface area contributed by atoms with Gasteiger partial charge in [-0.3, -0.25) is 4.79 Å². The van der Waals surface area contributed by atoms with E-state index >= 15 is 0 Å². The van der Waals surface area contributed by atoms with E-state index in [-0.39, 0.29) is 11.4 Å². The van der Waals surface area contributed by atoms with Crippen molar-refractivity contribution in [1.29, 1.82) is 0 Å². The van der Waals surface area contributed by atoms with Crippen molar-refractivity contribution in [1.82, 2.24) is 0 Å². The number of rotatable bonds is 4. The summed E-state index contributed by atoms with van der Waals surface area (Å²) in [5.74, 6) is -4.04. The molecule has 0 atom stereocenters. The number of sulfone groups is 1. The molecule has 0 radical (unpaired) electrons. The van der Waals surface area contributed by atoms with E-state index < -0.39 is 26.4 Å². The van der Waals surface area contributed by atoms with E-state index in [1.54, 1.807) is 6.92 Å². The molecule has 142 valence electrons. The third-order valence-corrected chi connectivity index (χ3v) is 5.61. The lowest BCUT2D eigenvalue weighted by Crippen LogP contribution is -2.14. The van der Waals surface area contributed by atoms with Crippen LogP contribution in [0, 0.1) is 20.8 Å². The van der Waals surface area contributed by atoms with Crippen molar-refractivity contribution in [3.63, 3.8) is 0 Å². The molecule has 0 unspecified atom stereocenters. The number of halogens is 2. The summed E-state index contributed by atoms with van der Waals surface area (Å²) in [6.45, 7) is 5.56. The molecule has 1 amide bonds. The minimum Gasteiger partial charge on any atom is -0.450 e. The molecule has 0 aliphatic carbocycles. The lowest BCUT2D eigenvalue weighted by Gasteiger charge is -2.07. The lowest BCUT2D eigenvalue weighted by molar-refractivity contribution is 0.0998. The van der Waals surface area contributed by atoms with Gasteiger partial charge in [-0.05, 0) is 56.2 Å². The summed E-state index contributed by atoms with van der Waals surface area (Å²) in [4.78, 5) is 12.0. The minimum atomic E-state index is -4.75. The predicted octanol–water partition coefficient (Wildman–Crippen LogP) is 4.61. The van der Waals surface area contributed by atoms with E-state index in [0.29, 0.717) is 11.1 Å². The van der Waals surface area contributed by atoms with Crippen LogP contribution in [0.1, 0.15) is 27.2 Å². The molecule has 0 aliphatic heterocycles. The third kappa shape index (κ3) is 3.44. The number of aryl methyl sites for hydroxylation is 3. The van der Waals surface area contributed by atoms with Gasteiger partial charge in [0.15, 0.2) is 5.76 Å². The topological polar surface area (TPSA) is 76.4 Å². The van der Waals surface area contributed by atoms with Gasteiger partial charge in [-0.1, -0.05) is 12.1 Å². The first-order valence-corrected chi connectivity index (χ1v) is 9.59. The first-order valence-electron chi connectivity index (χ1n) is 8.05. The number of amides is 1. The number of hydrogen-bond acceptors (Lipinski definition) is 4. The maximum atomic E-state index is 12.7. The highest BCUT2D eigenvalue weighted by Gasteiger charge is 2.27. The zero-order chi connectivity index (χ0) is 19.9. The zero-order valence-electron chi connectivity index (χ0n) is 14.8. The summed E-state index contributed by atoms with van der Waals surface area (Å²) < 4.78 is 54.3. The van der Waals surface area contributed by atoms with Crippen molar-refractivity contribution < 1.29 is 26.4 Å². The van der Waals surface area contributed by atoms with Gasteiger partial charge in [0.05, 0.1) is 4.90 Å². The van der Waals surface area contributed by atoms with Crippen LogP contribution < -0.4 is 5.32 Å². The standard InChI is InChI=1S/C19H17F2NO4S/c1-10-7-11(2)16-15(8-10)12(3)17(26-16)18(23)22-13-5-4-6-14(9-13)27(24,25)19(20)21/h4-9,19H,1-3H3,(H,22,23). The second-order valence-corrected chi connectivity index (χ2v) is 8.22. The normalized spacial score (nSPS) is 11.9. The molecule has 3 rings (SSSR count). The number of nitrogens with one attached hydrogen (secondary N) is 1. The van der Waals surface area contributed by atoms with Gasteiger partial charge >= 0.3 is 5.76 Å². The van der Waals surface area contributed by atoms with E-state index in [4.69, 9.17) is 4.42 Å². The molecule has 3 aromatic rings. The Morgan fingerprint density at radius 3 is 2.48 bits per heavy atom. The Hall–Kier alpha value is -2.74. The fourth-order valence-corrected chi connectivity index (χ4v) is 3.69. The largest absolute Gasteiger partial charge is 0.450 e. The molecular weight excluding hydrogens is 376 g/mol. The number of carbonyl (C=O) groups excluding carboxylic acids is 1. The monoisotopic (exact) mass is 393 g/mol. The molecule has 5 nitrogen and oxygen atoms in total. The number of carbonyl (C=O) groups is 1. The van der Waals surface area contributed by atoms with Crippen LogP contribution >= 0.6 is 0 Å². The van der Waals surface area contributed by atoms with Crippen LogP contribution in [0.2, 0.25) is 0 Å². The highest BCUT2D eigenvalue weighted by Crippen LogP contribution is 2.30. The highest BCUT2D eigenvalue weighted by atomic mass is 32.2. The quantitative estimate of drug-likeness (QED) is 0.702. The van der Waals surface area contributed by atoms with Crippen LogP contribution in [0.25, 0.3) is 11.0 Å². The molecule has 1 heterocycles. The summed E-state index contributed by atoms with van der Waals surface area (Å²) in [7, 11) is -4.75. The summed E-state index contributed by atoms with van der Waals surface area (Å²) in [5.41, 5.74) is 3.23. The highest BCUT2D eigenvalue weighted by molar-refractivity contribution is 7.91. The van der Waals surface area contributed by atoms with Crippen LogP contribution in [0.15, 0.2) is 45.7 Å². The number of anilines is 1. The van der Waals surface area contributed by atoms with Crippen LogP contribution in [0.3, 0.4) is 0 Å². The van der Waals surface area contributed by atoms with Crippen molar-refractivity contribution in [2.45, 2.75) is 31.4 Å². The van der Waals surface area contributed by atoms with Crippen LogP contribution in [-0.2, 0) is 9.84 Å². The summed E-state index contributed by atoms with van der Waals surface area (Å²) in [6, 6.07) is 8.58. The Morgan fingerprint density at radius 1 is 1.11 bits per heavy atom.